The molecule has 0 saturated heterocycles. The summed E-state index contributed by atoms with van der Waals surface area (Å²) in [6, 6.07) is 15.5. The first kappa shape index (κ1) is 21.9. The van der Waals surface area contributed by atoms with Gasteiger partial charge in [0.25, 0.3) is 0 Å². The molecule has 0 fully saturated rings. The number of amides is 2. The van der Waals surface area contributed by atoms with Crippen LogP contribution in [-0.2, 0) is 27.0 Å². The SMILES string of the molecule is N[C@@H](Cc1ccccc1)C(=O)N(CP(=O)(O)O)C(=O)[C@@H](N)Cc1ccccc1. The van der Waals surface area contributed by atoms with Crippen molar-refractivity contribution in [3.63, 3.8) is 0 Å². The summed E-state index contributed by atoms with van der Waals surface area (Å²) in [5, 5.41) is 0. The molecule has 0 saturated carbocycles. The Labute approximate surface area is 163 Å². The number of carbonyl (C=O) groups is 2. The molecule has 9 heteroatoms. The molecule has 8 nitrogen and oxygen atoms in total. The van der Waals surface area contributed by atoms with Crippen molar-refractivity contribution in [2.24, 2.45) is 11.5 Å². The van der Waals surface area contributed by atoms with E-state index >= 15 is 0 Å². The van der Waals surface area contributed by atoms with Crippen LogP contribution < -0.4 is 11.5 Å². The molecule has 2 aromatic carbocycles. The molecule has 0 spiro atoms. The van der Waals surface area contributed by atoms with Crippen molar-refractivity contribution in [2.45, 2.75) is 24.9 Å². The van der Waals surface area contributed by atoms with E-state index in [-0.39, 0.29) is 12.8 Å². The molecule has 2 amide bonds. The molecule has 0 aliphatic carbocycles. The Morgan fingerprint density at radius 3 is 1.50 bits per heavy atom. The van der Waals surface area contributed by atoms with E-state index in [4.69, 9.17) is 11.5 Å². The van der Waals surface area contributed by atoms with Crippen molar-refractivity contribution in [2.75, 3.05) is 6.29 Å². The summed E-state index contributed by atoms with van der Waals surface area (Å²) in [6.45, 7) is 0. The van der Waals surface area contributed by atoms with Crippen LogP contribution in [-0.4, -0.2) is 44.9 Å². The molecule has 0 unspecified atom stereocenters. The first-order valence-electron chi connectivity index (χ1n) is 8.66. The lowest BCUT2D eigenvalue weighted by molar-refractivity contribution is -0.145. The predicted octanol–water partition coefficient (Wildman–Crippen LogP) is 0.617. The standard InChI is InChI=1S/C19H24N3O5P/c20-16(11-14-7-3-1-4-8-14)18(23)22(13-28(25,26)27)19(24)17(21)12-15-9-5-2-6-10-15/h1-10,16-17H,11-13,20-21H2,(H2,25,26,27)/t16-,17-/m0/s1. The first-order chi connectivity index (χ1) is 13.2. The zero-order valence-electron chi connectivity index (χ0n) is 15.2. The Morgan fingerprint density at radius 1 is 0.821 bits per heavy atom. The van der Waals surface area contributed by atoms with Gasteiger partial charge in [0.2, 0.25) is 11.8 Å². The molecule has 28 heavy (non-hydrogen) atoms. The molecule has 2 rings (SSSR count). The van der Waals surface area contributed by atoms with Crippen LogP contribution in [0.15, 0.2) is 60.7 Å². The van der Waals surface area contributed by atoms with Gasteiger partial charge in [-0.15, -0.1) is 0 Å². The van der Waals surface area contributed by atoms with E-state index in [0.29, 0.717) is 4.90 Å². The van der Waals surface area contributed by atoms with Crippen molar-refractivity contribution in [1.82, 2.24) is 4.90 Å². The van der Waals surface area contributed by atoms with Crippen LogP contribution >= 0.6 is 7.60 Å². The molecule has 0 aliphatic heterocycles. The van der Waals surface area contributed by atoms with E-state index in [9.17, 15) is 23.9 Å². The number of nitrogens with two attached hydrogens (primary N) is 2. The van der Waals surface area contributed by atoms with Crippen LogP contribution in [0.1, 0.15) is 11.1 Å². The Balaban J connectivity index is 2.16. The lowest BCUT2D eigenvalue weighted by atomic mass is 10.0. The number of imide groups is 1. The Kier molecular flexibility index (Phi) is 7.62. The van der Waals surface area contributed by atoms with Gasteiger partial charge in [-0.2, -0.15) is 0 Å². The van der Waals surface area contributed by atoms with Gasteiger partial charge < -0.3 is 21.3 Å². The van der Waals surface area contributed by atoms with Crippen LogP contribution in [0.25, 0.3) is 0 Å². The normalized spacial score (nSPS) is 13.6. The zero-order valence-corrected chi connectivity index (χ0v) is 16.1. The largest absolute Gasteiger partial charge is 0.345 e. The van der Waals surface area contributed by atoms with Gasteiger partial charge >= 0.3 is 7.60 Å². The van der Waals surface area contributed by atoms with E-state index in [1.54, 1.807) is 48.5 Å². The van der Waals surface area contributed by atoms with Crippen molar-refractivity contribution in [3.8, 4) is 0 Å². The van der Waals surface area contributed by atoms with Crippen molar-refractivity contribution in [1.29, 1.82) is 0 Å². The third kappa shape index (κ3) is 6.67. The molecule has 2 aromatic rings. The number of hydrogen-bond donors (Lipinski definition) is 4. The van der Waals surface area contributed by atoms with E-state index in [1.165, 1.54) is 0 Å². The fourth-order valence-electron chi connectivity index (χ4n) is 2.74. The number of rotatable bonds is 8. The number of nitrogens with zero attached hydrogens (tertiary/aromatic N) is 1. The fourth-order valence-corrected chi connectivity index (χ4v) is 3.39. The van der Waals surface area contributed by atoms with Crippen molar-refractivity contribution in [3.05, 3.63) is 71.8 Å². The minimum Gasteiger partial charge on any atom is -0.323 e. The highest BCUT2D eigenvalue weighted by molar-refractivity contribution is 7.51. The van der Waals surface area contributed by atoms with Gasteiger partial charge in [0.1, 0.15) is 6.29 Å². The molecule has 0 aliphatic rings. The lowest BCUT2D eigenvalue weighted by Crippen LogP contribution is -2.53. The molecule has 2 atom stereocenters. The maximum Gasteiger partial charge on any atom is 0.345 e. The second-order valence-corrected chi connectivity index (χ2v) is 8.12. The van der Waals surface area contributed by atoms with Gasteiger partial charge in [-0.1, -0.05) is 60.7 Å². The molecule has 0 bridgehead atoms. The van der Waals surface area contributed by atoms with Crippen LogP contribution in [0, 0.1) is 0 Å². The highest BCUT2D eigenvalue weighted by Gasteiger charge is 2.34. The van der Waals surface area contributed by atoms with Gasteiger partial charge in [0.05, 0.1) is 12.1 Å². The van der Waals surface area contributed by atoms with E-state index < -0.39 is 37.8 Å². The Bertz CT molecular complexity index is 782. The van der Waals surface area contributed by atoms with Gasteiger partial charge in [-0.3, -0.25) is 19.1 Å². The summed E-state index contributed by atoms with van der Waals surface area (Å²) in [5.74, 6) is -1.75. The molecule has 0 aromatic heterocycles. The zero-order chi connectivity index (χ0) is 20.7. The van der Waals surface area contributed by atoms with Gasteiger partial charge in [-0.25, -0.2) is 0 Å². The summed E-state index contributed by atoms with van der Waals surface area (Å²) < 4.78 is 11.5. The summed E-state index contributed by atoms with van der Waals surface area (Å²) in [5.41, 5.74) is 13.4. The fraction of sp³-hybridized carbons (Fsp3) is 0.263. The smallest absolute Gasteiger partial charge is 0.323 e. The molecular formula is C19H24N3O5P. The van der Waals surface area contributed by atoms with Crippen LogP contribution in [0.5, 0.6) is 0 Å². The topological polar surface area (TPSA) is 147 Å². The van der Waals surface area contributed by atoms with Gasteiger partial charge in [0, 0.05) is 0 Å². The number of benzene rings is 2. The van der Waals surface area contributed by atoms with Crippen LogP contribution in [0.3, 0.4) is 0 Å². The summed E-state index contributed by atoms with van der Waals surface area (Å²) >= 11 is 0. The second kappa shape index (κ2) is 9.73. The maximum absolute atomic E-state index is 12.7. The second-order valence-electron chi connectivity index (χ2n) is 6.50. The van der Waals surface area contributed by atoms with Crippen LogP contribution in [0.2, 0.25) is 0 Å². The Morgan fingerprint density at radius 2 is 1.18 bits per heavy atom. The number of hydrogen-bond acceptors (Lipinski definition) is 5. The number of carbonyl (C=O) groups excluding carboxylic acids is 2. The average molecular weight is 405 g/mol. The summed E-state index contributed by atoms with van der Waals surface area (Å²) in [7, 11) is -4.70. The molecule has 150 valence electrons. The van der Waals surface area contributed by atoms with Crippen molar-refractivity contribution < 1.29 is 23.9 Å². The average Bonchev–Trinajstić information content (AvgIpc) is 2.66. The van der Waals surface area contributed by atoms with Crippen LogP contribution in [0.4, 0.5) is 0 Å². The minimum absolute atomic E-state index is 0.124. The summed E-state index contributed by atoms with van der Waals surface area (Å²) in [6.07, 6.45) is -0.813. The third-order valence-electron chi connectivity index (χ3n) is 4.09. The lowest BCUT2D eigenvalue weighted by Gasteiger charge is -2.27. The molecule has 0 heterocycles. The molecular weight excluding hydrogens is 381 g/mol. The maximum atomic E-state index is 12.7. The first-order valence-corrected chi connectivity index (χ1v) is 10.5. The van der Waals surface area contributed by atoms with Crippen molar-refractivity contribution >= 4 is 19.4 Å². The van der Waals surface area contributed by atoms with Gasteiger partial charge in [-0.05, 0) is 24.0 Å². The van der Waals surface area contributed by atoms with E-state index in [2.05, 4.69) is 0 Å². The van der Waals surface area contributed by atoms with Gasteiger partial charge in [0.15, 0.2) is 0 Å². The molecule has 0 radical (unpaired) electrons. The predicted molar refractivity (Wildman–Crippen MR) is 105 cm³/mol. The highest BCUT2D eigenvalue weighted by Crippen LogP contribution is 2.35. The molecule has 6 N–H and O–H groups in total. The minimum atomic E-state index is -4.70. The Hall–Kier alpha value is -2.35. The third-order valence-corrected chi connectivity index (χ3v) is 4.74. The van der Waals surface area contributed by atoms with E-state index in [1.807, 2.05) is 12.1 Å². The quantitative estimate of drug-likeness (QED) is 0.471. The van der Waals surface area contributed by atoms with E-state index in [0.717, 1.165) is 11.1 Å². The monoisotopic (exact) mass is 405 g/mol. The summed E-state index contributed by atoms with van der Waals surface area (Å²) in [4.78, 5) is 44.5. The highest BCUT2D eigenvalue weighted by atomic mass is 31.2.